The van der Waals surface area contributed by atoms with Gasteiger partial charge in [0.1, 0.15) is 0 Å². The maximum atomic E-state index is 12.3. The average Bonchev–Trinajstić information content (AvgIpc) is 3.21. The maximum absolute atomic E-state index is 12.3. The second-order valence-corrected chi connectivity index (χ2v) is 6.86. The zero-order valence-electron chi connectivity index (χ0n) is 12.6. The summed E-state index contributed by atoms with van der Waals surface area (Å²) in [6.45, 7) is 3.76. The maximum Gasteiger partial charge on any atom is 0.317 e. The van der Waals surface area contributed by atoms with E-state index >= 15 is 0 Å². The van der Waals surface area contributed by atoms with E-state index in [1.807, 2.05) is 19.1 Å². The zero-order valence-corrected chi connectivity index (χ0v) is 14.2. The Kier molecular flexibility index (Phi) is 5.14. The summed E-state index contributed by atoms with van der Waals surface area (Å²) >= 11 is 7.33. The standard InChI is InChI=1S/C14H17ClN4O3S/c1-2-12-17-18-13(22-12)10-8-19(5-6-21-10)14(20)16-7-9-3-4-11(15)23-9/h3-4,10H,2,5-8H2,1H3,(H,16,20). The van der Waals surface area contributed by atoms with Crippen molar-refractivity contribution < 1.29 is 13.9 Å². The Hall–Kier alpha value is -1.64. The van der Waals surface area contributed by atoms with Crippen LogP contribution in [0, 0.1) is 0 Å². The molecule has 1 fully saturated rings. The van der Waals surface area contributed by atoms with E-state index in [0.717, 1.165) is 4.88 Å². The Bertz CT molecular complexity index is 675. The molecule has 3 rings (SSSR count). The van der Waals surface area contributed by atoms with Gasteiger partial charge in [0.15, 0.2) is 6.10 Å². The minimum absolute atomic E-state index is 0.141. The van der Waals surface area contributed by atoms with Crippen LogP contribution in [0.25, 0.3) is 0 Å². The summed E-state index contributed by atoms with van der Waals surface area (Å²) in [5.41, 5.74) is 0. The van der Waals surface area contributed by atoms with Gasteiger partial charge in [0.05, 0.1) is 24.0 Å². The molecule has 1 saturated heterocycles. The third kappa shape index (κ3) is 4.01. The minimum atomic E-state index is -0.376. The van der Waals surface area contributed by atoms with Gasteiger partial charge in [0.25, 0.3) is 0 Å². The molecule has 7 nitrogen and oxygen atoms in total. The Morgan fingerprint density at radius 3 is 3.09 bits per heavy atom. The molecule has 0 radical (unpaired) electrons. The third-order valence-corrected chi connectivity index (χ3v) is 4.69. The van der Waals surface area contributed by atoms with E-state index in [-0.39, 0.29) is 12.1 Å². The van der Waals surface area contributed by atoms with Crippen LogP contribution in [-0.4, -0.2) is 40.8 Å². The number of morpholine rings is 1. The molecule has 2 aromatic heterocycles. The van der Waals surface area contributed by atoms with Gasteiger partial charge in [-0.05, 0) is 12.1 Å². The van der Waals surface area contributed by atoms with Gasteiger partial charge in [0.2, 0.25) is 11.8 Å². The molecule has 23 heavy (non-hydrogen) atoms. The summed E-state index contributed by atoms with van der Waals surface area (Å²) in [5.74, 6) is 0.990. The molecule has 0 aliphatic carbocycles. The van der Waals surface area contributed by atoms with Crippen molar-refractivity contribution in [2.45, 2.75) is 26.0 Å². The van der Waals surface area contributed by atoms with Crippen molar-refractivity contribution in [1.82, 2.24) is 20.4 Å². The highest BCUT2D eigenvalue weighted by Gasteiger charge is 2.29. The fourth-order valence-corrected chi connectivity index (χ4v) is 3.27. The quantitative estimate of drug-likeness (QED) is 0.910. The van der Waals surface area contributed by atoms with E-state index in [4.69, 9.17) is 20.8 Å². The Balaban J connectivity index is 1.55. The van der Waals surface area contributed by atoms with Crippen LogP contribution in [-0.2, 0) is 17.7 Å². The molecule has 9 heteroatoms. The molecule has 124 valence electrons. The van der Waals surface area contributed by atoms with Crippen LogP contribution in [0.1, 0.15) is 29.7 Å². The van der Waals surface area contributed by atoms with Gasteiger partial charge in [0, 0.05) is 17.8 Å². The van der Waals surface area contributed by atoms with Gasteiger partial charge >= 0.3 is 6.03 Å². The van der Waals surface area contributed by atoms with E-state index in [2.05, 4.69) is 15.5 Å². The molecular weight excluding hydrogens is 340 g/mol. The summed E-state index contributed by atoms with van der Waals surface area (Å²) in [7, 11) is 0. The molecule has 1 unspecified atom stereocenters. The number of nitrogens with zero attached hydrogens (tertiary/aromatic N) is 3. The highest BCUT2D eigenvalue weighted by molar-refractivity contribution is 7.16. The summed E-state index contributed by atoms with van der Waals surface area (Å²) in [5, 5.41) is 10.8. The molecule has 0 bridgehead atoms. The predicted octanol–water partition coefficient (Wildman–Crippen LogP) is 2.63. The van der Waals surface area contributed by atoms with Crippen molar-refractivity contribution in [2.24, 2.45) is 0 Å². The molecule has 3 heterocycles. The van der Waals surface area contributed by atoms with Crippen molar-refractivity contribution in [3.05, 3.63) is 33.1 Å². The van der Waals surface area contributed by atoms with Crippen LogP contribution in [0.5, 0.6) is 0 Å². The number of carbonyl (C=O) groups excluding carboxylic acids is 1. The Morgan fingerprint density at radius 2 is 2.39 bits per heavy atom. The fraction of sp³-hybridized carbons (Fsp3) is 0.500. The number of aromatic nitrogens is 2. The van der Waals surface area contributed by atoms with E-state index in [0.29, 0.717) is 48.8 Å². The average molecular weight is 357 g/mol. The van der Waals surface area contributed by atoms with Gasteiger partial charge in [-0.2, -0.15) is 0 Å². The summed E-state index contributed by atoms with van der Waals surface area (Å²) < 4.78 is 11.9. The lowest BCUT2D eigenvalue weighted by Crippen LogP contribution is -2.47. The normalized spacial score (nSPS) is 18.2. The molecule has 2 aromatic rings. The molecule has 1 aliphatic heterocycles. The van der Waals surface area contributed by atoms with Gasteiger partial charge in [-0.3, -0.25) is 0 Å². The number of thiophene rings is 1. The van der Waals surface area contributed by atoms with Crippen molar-refractivity contribution in [3.8, 4) is 0 Å². The lowest BCUT2D eigenvalue weighted by molar-refractivity contribution is -0.0292. The minimum Gasteiger partial charge on any atom is -0.422 e. The lowest BCUT2D eigenvalue weighted by Gasteiger charge is -2.31. The summed E-state index contributed by atoms with van der Waals surface area (Å²) in [6, 6.07) is 3.58. The number of ether oxygens (including phenoxy) is 1. The molecule has 2 amide bonds. The Labute approximate surface area is 142 Å². The van der Waals surface area contributed by atoms with Crippen molar-refractivity contribution in [2.75, 3.05) is 19.7 Å². The topological polar surface area (TPSA) is 80.5 Å². The van der Waals surface area contributed by atoms with E-state index < -0.39 is 0 Å². The van der Waals surface area contributed by atoms with Gasteiger partial charge in [-0.15, -0.1) is 21.5 Å². The number of carbonyl (C=O) groups is 1. The number of amides is 2. The second-order valence-electron chi connectivity index (χ2n) is 5.06. The number of urea groups is 1. The zero-order chi connectivity index (χ0) is 16.2. The van der Waals surface area contributed by atoms with Gasteiger partial charge < -0.3 is 19.4 Å². The third-order valence-electron chi connectivity index (χ3n) is 3.46. The highest BCUT2D eigenvalue weighted by atomic mass is 35.5. The van der Waals surface area contributed by atoms with Gasteiger partial charge in [-0.25, -0.2) is 4.79 Å². The lowest BCUT2D eigenvalue weighted by atomic mass is 10.3. The first-order valence-corrected chi connectivity index (χ1v) is 8.56. The first-order valence-electron chi connectivity index (χ1n) is 7.36. The van der Waals surface area contributed by atoms with Crippen molar-refractivity contribution in [3.63, 3.8) is 0 Å². The van der Waals surface area contributed by atoms with Crippen LogP contribution in [0.15, 0.2) is 16.5 Å². The molecule has 0 saturated carbocycles. The number of hydrogen-bond acceptors (Lipinski definition) is 6. The molecule has 0 spiro atoms. The number of hydrogen-bond donors (Lipinski definition) is 1. The summed E-state index contributed by atoms with van der Waals surface area (Å²) in [6.07, 6.45) is 0.297. The van der Waals surface area contributed by atoms with Gasteiger partial charge in [-0.1, -0.05) is 18.5 Å². The van der Waals surface area contributed by atoms with Crippen LogP contribution in [0.4, 0.5) is 4.79 Å². The van der Waals surface area contributed by atoms with Crippen LogP contribution < -0.4 is 5.32 Å². The predicted molar refractivity (Wildman–Crippen MR) is 85.5 cm³/mol. The van der Waals surface area contributed by atoms with Crippen molar-refractivity contribution in [1.29, 1.82) is 0 Å². The number of halogens is 1. The smallest absolute Gasteiger partial charge is 0.317 e. The second kappa shape index (κ2) is 7.29. The monoisotopic (exact) mass is 356 g/mol. The number of aryl methyl sites for hydroxylation is 1. The van der Waals surface area contributed by atoms with E-state index in [1.165, 1.54) is 11.3 Å². The highest BCUT2D eigenvalue weighted by Crippen LogP contribution is 2.23. The first-order chi connectivity index (χ1) is 11.2. The number of nitrogens with one attached hydrogen (secondary N) is 1. The molecule has 1 N–H and O–H groups in total. The van der Waals surface area contributed by atoms with Crippen LogP contribution >= 0.6 is 22.9 Å². The SMILES string of the molecule is CCc1nnc(C2CN(C(=O)NCc3ccc(Cl)s3)CCO2)o1. The fourth-order valence-electron chi connectivity index (χ4n) is 2.24. The van der Waals surface area contributed by atoms with E-state index in [1.54, 1.807) is 4.90 Å². The van der Waals surface area contributed by atoms with Crippen LogP contribution in [0.2, 0.25) is 4.34 Å². The number of rotatable bonds is 4. The molecule has 1 aliphatic rings. The Morgan fingerprint density at radius 1 is 1.52 bits per heavy atom. The summed E-state index contributed by atoms with van der Waals surface area (Å²) in [4.78, 5) is 15.0. The van der Waals surface area contributed by atoms with Crippen LogP contribution in [0.3, 0.4) is 0 Å². The largest absolute Gasteiger partial charge is 0.422 e. The molecular formula is C14H17ClN4O3S. The van der Waals surface area contributed by atoms with E-state index in [9.17, 15) is 4.79 Å². The first kappa shape index (κ1) is 16.2. The van der Waals surface area contributed by atoms with Crippen molar-refractivity contribution >= 4 is 29.0 Å². The molecule has 0 aromatic carbocycles. The molecule has 1 atom stereocenters.